The van der Waals surface area contributed by atoms with Gasteiger partial charge in [-0.25, -0.2) is 0 Å². The summed E-state index contributed by atoms with van der Waals surface area (Å²) in [5.41, 5.74) is 4.74. The number of likely N-dealkylation sites (N-methyl/N-ethyl adjacent to an activating group) is 1. The van der Waals surface area contributed by atoms with Crippen LogP contribution in [0, 0.1) is 0 Å². The highest BCUT2D eigenvalue weighted by atomic mass is 31.2. The van der Waals surface area contributed by atoms with Crippen LogP contribution in [0.1, 0.15) is 194 Å². The Morgan fingerprint density at radius 3 is 1.50 bits per heavy atom. The fourth-order valence-corrected chi connectivity index (χ4v) is 7.27. The van der Waals surface area contributed by atoms with Crippen molar-refractivity contribution in [2.24, 2.45) is 0 Å². The van der Waals surface area contributed by atoms with Gasteiger partial charge in [0.1, 0.15) is 19.3 Å². The standard InChI is InChI=1S/C43H83N2O6P/c1-8-11-13-15-17-19-21-23-25-27-29-31-33-36-41(46)44-43(4,39-51-52(48,49)50-38-37-45(5,6)7)42(47)40(34-10-3)35-32-30-28-26-24-22-20-18-16-14-12-9-2/h42,47H,3,8-9,11-33,35-39H2,1-2,4-7H3,(H-,44,46,48,49)/t42-,43?/m1/s1. The number of phosphoric acid groups is 1. The van der Waals surface area contributed by atoms with E-state index in [-0.39, 0.29) is 12.5 Å². The summed E-state index contributed by atoms with van der Waals surface area (Å²) in [6, 6.07) is 0. The molecule has 8 nitrogen and oxygen atoms in total. The molecule has 0 saturated heterocycles. The van der Waals surface area contributed by atoms with Crippen LogP contribution in [0.15, 0.2) is 23.6 Å². The molecule has 3 atom stereocenters. The van der Waals surface area contributed by atoms with Gasteiger partial charge in [-0.15, -0.1) is 0 Å². The Bertz CT molecular complexity index is 1020. The number of hydrogen-bond donors (Lipinski definition) is 2. The van der Waals surface area contributed by atoms with E-state index in [1.165, 1.54) is 122 Å². The summed E-state index contributed by atoms with van der Waals surface area (Å²) in [6.07, 6.45) is 30.1. The number of nitrogens with one attached hydrogen (secondary N) is 1. The summed E-state index contributed by atoms with van der Waals surface area (Å²) in [5, 5.41) is 14.6. The number of quaternary nitrogens is 1. The summed E-state index contributed by atoms with van der Waals surface area (Å²) in [5.74, 6) is -0.243. The Labute approximate surface area is 321 Å². The smallest absolute Gasteiger partial charge is 0.268 e. The van der Waals surface area contributed by atoms with E-state index < -0.39 is 26.1 Å². The summed E-state index contributed by atoms with van der Waals surface area (Å²) < 4.78 is 23.7. The number of aliphatic hydroxyl groups excluding tert-OH is 1. The van der Waals surface area contributed by atoms with Crippen molar-refractivity contribution in [1.29, 1.82) is 0 Å². The van der Waals surface area contributed by atoms with Crippen LogP contribution in [-0.2, 0) is 18.4 Å². The molecule has 0 aliphatic heterocycles. The van der Waals surface area contributed by atoms with Crippen LogP contribution in [-0.4, -0.2) is 68.0 Å². The number of rotatable bonds is 37. The Morgan fingerprint density at radius 2 is 1.12 bits per heavy atom. The quantitative estimate of drug-likeness (QED) is 0.0283. The zero-order valence-corrected chi connectivity index (χ0v) is 35.8. The highest BCUT2D eigenvalue weighted by molar-refractivity contribution is 7.45. The molecular formula is C43H83N2O6P. The monoisotopic (exact) mass is 755 g/mol. The van der Waals surface area contributed by atoms with Gasteiger partial charge in [0, 0.05) is 12.0 Å². The minimum Gasteiger partial charge on any atom is -0.756 e. The Kier molecular flexibility index (Phi) is 31.3. The predicted molar refractivity (Wildman–Crippen MR) is 217 cm³/mol. The Hall–Kier alpha value is -1.20. The third-order valence-corrected chi connectivity index (χ3v) is 10.9. The predicted octanol–water partition coefficient (Wildman–Crippen LogP) is 10.9. The van der Waals surface area contributed by atoms with Gasteiger partial charge in [0.25, 0.3) is 7.82 Å². The van der Waals surface area contributed by atoms with E-state index >= 15 is 0 Å². The van der Waals surface area contributed by atoms with Crippen LogP contribution in [0.2, 0.25) is 0 Å². The van der Waals surface area contributed by atoms with Gasteiger partial charge in [0.05, 0.1) is 33.3 Å². The highest BCUT2D eigenvalue weighted by Crippen LogP contribution is 2.40. The number of phosphoric ester groups is 1. The average molecular weight is 755 g/mol. The summed E-state index contributed by atoms with van der Waals surface area (Å²) in [4.78, 5) is 25.9. The lowest BCUT2D eigenvalue weighted by molar-refractivity contribution is -0.870. The van der Waals surface area contributed by atoms with Crippen molar-refractivity contribution >= 4 is 13.7 Å². The first-order valence-electron chi connectivity index (χ1n) is 21.3. The largest absolute Gasteiger partial charge is 0.756 e. The van der Waals surface area contributed by atoms with Crippen molar-refractivity contribution in [2.45, 2.75) is 206 Å². The maximum Gasteiger partial charge on any atom is 0.268 e. The molecule has 0 rings (SSSR count). The number of unbranched alkanes of at least 4 members (excludes halogenated alkanes) is 23. The van der Waals surface area contributed by atoms with E-state index in [1.54, 1.807) is 6.92 Å². The molecular weight excluding hydrogens is 671 g/mol. The van der Waals surface area contributed by atoms with Crippen molar-refractivity contribution < 1.29 is 32.9 Å². The lowest BCUT2D eigenvalue weighted by Gasteiger charge is -2.38. The molecule has 2 unspecified atom stereocenters. The molecule has 2 N–H and O–H groups in total. The van der Waals surface area contributed by atoms with E-state index in [9.17, 15) is 19.4 Å². The molecule has 0 spiro atoms. The molecule has 0 bridgehead atoms. The molecule has 0 heterocycles. The van der Waals surface area contributed by atoms with Gasteiger partial charge in [-0.05, 0) is 32.8 Å². The first-order valence-corrected chi connectivity index (χ1v) is 22.8. The van der Waals surface area contributed by atoms with Gasteiger partial charge in [-0.3, -0.25) is 9.36 Å². The minimum atomic E-state index is -4.68. The van der Waals surface area contributed by atoms with Crippen LogP contribution in [0.25, 0.3) is 0 Å². The van der Waals surface area contributed by atoms with E-state index in [2.05, 4.69) is 37.2 Å². The van der Waals surface area contributed by atoms with Crippen LogP contribution in [0.3, 0.4) is 0 Å². The number of carbonyl (C=O) groups excluding carboxylic acids is 1. The van der Waals surface area contributed by atoms with Crippen LogP contribution < -0.4 is 10.2 Å². The molecule has 0 radical (unpaired) electrons. The van der Waals surface area contributed by atoms with Crippen molar-refractivity contribution in [3.05, 3.63) is 23.6 Å². The van der Waals surface area contributed by atoms with Crippen LogP contribution >= 0.6 is 7.82 Å². The zero-order valence-electron chi connectivity index (χ0n) is 34.9. The van der Waals surface area contributed by atoms with E-state index in [4.69, 9.17) is 9.05 Å². The number of nitrogens with zero attached hydrogens (tertiary/aromatic N) is 1. The maximum atomic E-state index is 13.2. The molecule has 0 aromatic rings. The van der Waals surface area contributed by atoms with E-state index in [0.29, 0.717) is 29.4 Å². The van der Waals surface area contributed by atoms with Gasteiger partial charge in [-0.1, -0.05) is 173 Å². The molecule has 0 fully saturated rings. The van der Waals surface area contributed by atoms with Crippen molar-refractivity contribution in [2.75, 3.05) is 40.9 Å². The molecule has 9 heteroatoms. The third-order valence-electron chi connectivity index (χ3n) is 9.95. The molecule has 1 amide bonds. The molecule has 0 aliphatic carbocycles. The first-order chi connectivity index (χ1) is 24.8. The summed E-state index contributed by atoms with van der Waals surface area (Å²) >= 11 is 0. The summed E-state index contributed by atoms with van der Waals surface area (Å²) in [6.45, 7) is 9.77. The third kappa shape index (κ3) is 30.2. The van der Waals surface area contributed by atoms with Gasteiger partial charge >= 0.3 is 0 Å². The second-order valence-electron chi connectivity index (χ2n) is 16.4. The molecule has 306 valence electrons. The van der Waals surface area contributed by atoms with Gasteiger partial charge in [0.15, 0.2) is 0 Å². The lowest BCUT2D eigenvalue weighted by Crippen LogP contribution is -2.58. The normalized spacial score (nSPS) is 14.6. The van der Waals surface area contributed by atoms with Crippen molar-refractivity contribution in [3.63, 3.8) is 0 Å². The Balaban J connectivity index is 5.02. The van der Waals surface area contributed by atoms with Crippen molar-refractivity contribution in [1.82, 2.24) is 5.32 Å². The highest BCUT2D eigenvalue weighted by Gasteiger charge is 2.38. The number of carbonyl (C=O) groups is 1. The maximum absolute atomic E-state index is 13.2. The van der Waals surface area contributed by atoms with Crippen molar-refractivity contribution in [3.8, 4) is 0 Å². The van der Waals surface area contributed by atoms with Gasteiger partial charge in [0.2, 0.25) is 5.91 Å². The average Bonchev–Trinajstić information content (AvgIpc) is 3.08. The minimum absolute atomic E-state index is 0.0295. The SMILES string of the molecule is C=C=C=C(CCCCCCCCCCCCCC)[C@@H](O)C(C)(COP(=O)([O-])OCC[N+](C)(C)C)NC(=O)CCCCCCCCCCCCCCC. The summed E-state index contributed by atoms with van der Waals surface area (Å²) in [7, 11) is 1.14. The van der Waals surface area contributed by atoms with E-state index in [1.807, 2.05) is 21.1 Å². The fraction of sp³-hybridized carbons (Fsp3) is 0.884. The topological polar surface area (TPSA) is 108 Å². The zero-order chi connectivity index (χ0) is 39.0. The Morgan fingerprint density at radius 1 is 0.731 bits per heavy atom. The second kappa shape index (κ2) is 32.1. The van der Waals surface area contributed by atoms with Gasteiger partial charge in [-0.2, -0.15) is 0 Å². The molecule has 0 aliphatic rings. The number of hydrogen-bond acceptors (Lipinski definition) is 6. The first kappa shape index (κ1) is 50.8. The van der Waals surface area contributed by atoms with E-state index in [0.717, 1.165) is 38.5 Å². The number of amides is 1. The fourth-order valence-electron chi connectivity index (χ4n) is 6.47. The number of aliphatic hydroxyl groups is 1. The lowest BCUT2D eigenvalue weighted by atomic mass is 9.87. The van der Waals surface area contributed by atoms with Crippen LogP contribution in [0.5, 0.6) is 0 Å². The molecule has 0 aromatic heterocycles. The second-order valence-corrected chi connectivity index (χ2v) is 17.8. The molecule has 0 saturated carbocycles. The molecule has 0 aromatic carbocycles. The van der Waals surface area contributed by atoms with Crippen LogP contribution in [0.4, 0.5) is 0 Å². The molecule has 52 heavy (non-hydrogen) atoms. The van der Waals surface area contributed by atoms with Gasteiger partial charge < -0.3 is 28.8 Å².